The highest BCUT2D eigenvalue weighted by atomic mass is 19.1. The van der Waals surface area contributed by atoms with Crippen molar-refractivity contribution < 1.29 is 8.78 Å². The number of hydrogen-bond acceptors (Lipinski definition) is 2. The van der Waals surface area contributed by atoms with Crippen LogP contribution in [0.15, 0.2) is 12.1 Å². The van der Waals surface area contributed by atoms with Crippen molar-refractivity contribution >= 4 is 0 Å². The topological polar surface area (TPSA) is 15.3 Å². The Labute approximate surface area is 121 Å². The smallest absolute Gasteiger partial charge is 0.128 e. The Kier molecular flexibility index (Phi) is 7.10. The predicted molar refractivity (Wildman–Crippen MR) is 79.9 cm³/mol. The lowest BCUT2D eigenvalue weighted by Gasteiger charge is -2.19. The molecule has 0 fully saturated rings. The van der Waals surface area contributed by atoms with Crippen LogP contribution >= 0.6 is 0 Å². The van der Waals surface area contributed by atoms with Crippen molar-refractivity contribution in [2.45, 2.75) is 40.2 Å². The molecule has 1 atom stereocenters. The van der Waals surface area contributed by atoms with Crippen molar-refractivity contribution in [3.8, 4) is 0 Å². The molecule has 0 spiro atoms. The fourth-order valence-corrected chi connectivity index (χ4v) is 2.26. The maximum absolute atomic E-state index is 13.8. The monoisotopic (exact) mass is 284 g/mol. The SMILES string of the molecule is CCN(CC)CCCNC(C)c1cc(F)c(C)cc1F. The van der Waals surface area contributed by atoms with E-state index in [1.165, 1.54) is 12.1 Å². The van der Waals surface area contributed by atoms with Gasteiger partial charge in [-0.2, -0.15) is 0 Å². The first-order valence-electron chi connectivity index (χ1n) is 7.40. The lowest BCUT2D eigenvalue weighted by Crippen LogP contribution is -2.28. The number of nitrogens with one attached hydrogen (secondary N) is 1. The normalized spacial score (nSPS) is 12.9. The van der Waals surface area contributed by atoms with Crippen LogP contribution in [0.4, 0.5) is 8.78 Å². The number of hydrogen-bond donors (Lipinski definition) is 1. The van der Waals surface area contributed by atoms with Gasteiger partial charge in [-0.25, -0.2) is 8.78 Å². The molecule has 1 N–H and O–H groups in total. The Balaban J connectivity index is 2.47. The molecule has 0 aliphatic heterocycles. The first-order chi connectivity index (χ1) is 9.49. The molecule has 2 nitrogen and oxygen atoms in total. The van der Waals surface area contributed by atoms with E-state index >= 15 is 0 Å². The molecule has 0 saturated heterocycles. The molecule has 0 aromatic heterocycles. The molecule has 4 heteroatoms. The second-order valence-electron chi connectivity index (χ2n) is 5.18. The summed E-state index contributed by atoms with van der Waals surface area (Å²) in [5, 5.41) is 3.26. The molecule has 1 rings (SSSR count). The average Bonchev–Trinajstić information content (AvgIpc) is 2.42. The molecule has 0 bridgehead atoms. The van der Waals surface area contributed by atoms with E-state index in [1.54, 1.807) is 6.92 Å². The second-order valence-corrected chi connectivity index (χ2v) is 5.18. The van der Waals surface area contributed by atoms with Gasteiger partial charge in [-0.15, -0.1) is 0 Å². The van der Waals surface area contributed by atoms with E-state index in [9.17, 15) is 8.78 Å². The summed E-state index contributed by atoms with van der Waals surface area (Å²) in [7, 11) is 0. The van der Waals surface area contributed by atoms with E-state index in [2.05, 4.69) is 24.1 Å². The Bertz CT molecular complexity index is 417. The summed E-state index contributed by atoms with van der Waals surface area (Å²) in [5.74, 6) is -0.689. The van der Waals surface area contributed by atoms with E-state index in [0.717, 1.165) is 32.6 Å². The van der Waals surface area contributed by atoms with Gasteiger partial charge >= 0.3 is 0 Å². The van der Waals surface area contributed by atoms with Crippen molar-refractivity contribution in [2.75, 3.05) is 26.2 Å². The van der Waals surface area contributed by atoms with Gasteiger partial charge in [-0.1, -0.05) is 13.8 Å². The lowest BCUT2D eigenvalue weighted by molar-refractivity contribution is 0.296. The summed E-state index contributed by atoms with van der Waals surface area (Å²) in [6, 6.07) is 2.38. The molecule has 114 valence electrons. The van der Waals surface area contributed by atoms with Gasteiger partial charge in [0.1, 0.15) is 11.6 Å². The van der Waals surface area contributed by atoms with Crippen LogP contribution in [-0.2, 0) is 0 Å². The van der Waals surface area contributed by atoms with Crippen molar-refractivity contribution in [2.24, 2.45) is 0 Å². The third-order valence-corrected chi connectivity index (χ3v) is 3.74. The average molecular weight is 284 g/mol. The van der Waals surface area contributed by atoms with Crippen LogP contribution in [0.1, 0.15) is 44.4 Å². The second kappa shape index (κ2) is 8.32. The molecule has 0 heterocycles. The minimum atomic E-state index is -0.349. The van der Waals surface area contributed by atoms with Crippen LogP contribution in [-0.4, -0.2) is 31.1 Å². The van der Waals surface area contributed by atoms with Crippen LogP contribution in [0, 0.1) is 18.6 Å². The van der Waals surface area contributed by atoms with Gasteiger partial charge in [0.05, 0.1) is 0 Å². The number of nitrogens with zero attached hydrogens (tertiary/aromatic N) is 1. The third kappa shape index (κ3) is 4.84. The largest absolute Gasteiger partial charge is 0.310 e. The van der Waals surface area contributed by atoms with Crippen molar-refractivity contribution in [1.82, 2.24) is 10.2 Å². The Morgan fingerprint density at radius 3 is 2.40 bits per heavy atom. The van der Waals surface area contributed by atoms with E-state index in [1.807, 2.05) is 6.92 Å². The quantitative estimate of drug-likeness (QED) is 0.733. The van der Waals surface area contributed by atoms with E-state index in [-0.39, 0.29) is 17.7 Å². The van der Waals surface area contributed by atoms with Crippen LogP contribution in [0.25, 0.3) is 0 Å². The van der Waals surface area contributed by atoms with Crippen LogP contribution in [0.3, 0.4) is 0 Å². The van der Waals surface area contributed by atoms with Gasteiger partial charge in [-0.05, 0) is 64.1 Å². The van der Waals surface area contributed by atoms with Crippen molar-refractivity contribution in [1.29, 1.82) is 0 Å². The van der Waals surface area contributed by atoms with Crippen molar-refractivity contribution in [3.63, 3.8) is 0 Å². The number of rotatable bonds is 8. The molecular formula is C16H26F2N2. The summed E-state index contributed by atoms with van der Waals surface area (Å²) in [6.45, 7) is 11.6. The zero-order chi connectivity index (χ0) is 15.1. The molecular weight excluding hydrogens is 258 g/mol. The Morgan fingerprint density at radius 1 is 1.15 bits per heavy atom. The lowest BCUT2D eigenvalue weighted by atomic mass is 10.0. The maximum atomic E-state index is 13.8. The van der Waals surface area contributed by atoms with Gasteiger partial charge in [0.15, 0.2) is 0 Å². The van der Waals surface area contributed by atoms with Gasteiger partial charge in [-0.3, -0.25) is 0 Å². The van der Waals surface area contributed by atoms with Crippen LogP contribution in [0.5, 0.6) is 0 Å². The predicted octanol–water partition coefficient (Wildman–Crippen LogP) is 3.66. The minimum Gasteiger partial charge on any atom is -0.310 e. The standard InChI is InChI=1S/C16H26F2N2/c1-5-20(6-2)9-7-8-19-13(4)14-11-15(17)12(3)10-16(14)18/h10-11,13,19H,5-9H2,1-4H3. The summed E-state index contributed by atoms with van der Waals surface area (Å²) in [5.41, 5.74) is 0.746. The molecule has 1 unspecified atom stereocenters. The Hall–Kier alpha value is -1.00. The third-order valence-electron chi connectivity index (χ3n) is 3.74. The molecule has 1 aromatic rings. The highest BCUT2D eigenvalue weighted by Gasteiger charge is 2.13. The molecule has 0 saturated carbocycles. The summed E-state index contributed by atoms with van der Waals surface area (Å²) in [4.78, 5) is 2.35. The fraction of sp³-hybridized carbons (Fsp3) is 0.625. The van der Waals surface area contributed by atoms with Crippen molar-refractivity contribution in [3.05, 3.63) is 34.9 Å². The van der Waals surface area contributed by atoms with Gasteiger partial charge in [0, 0.05) is 11.6 Å². The number of halogens is 2. The summed E-state index contributed by atoms with van der Waals surface area (Å²) in [6.07, 6.45) is 1.00. The molecule has 1 aromatic carbocycles. The molecule has 20 heavy (non-hydrogen) atoms. The van der Waals surface area contributed by atoms with E-state index in [4.69, 9.17) is 0 Å². The molecule has 0 amide bonds. The Morgan fingerprint density at radius 2 is 1.80 bits per heavy atom. The van der Waals surface area contributed by atoms with Gasteiger partial charge in [0.25, 0.3) is 0 Å². The minimum absolute atomic E-state index is 0.179. The highest BCUT2D eigenvalue weighted by Crippen LogP contribution is 2.20. The summed E-state index contributed by atoms with van der Waals surface area (Å²) < 4.78 is 27.3. The van der Waals surface area contributed by atoms with Gasteiger partial charge < -0.3 is 10.2 Å². The zero-order valence-corrected chi connectivity index (χ0v) is 13.0. The summed E-state index contributed by atoms with van der Waals surface area (Å²) >= 11 is 0. The van der Waals surface area contributed by atoms with Gasteiger partial charge in [0.2, 0.25) is 0 Å². The van der Waals surface area contributed by atoms with Crippen LogP contribution in [0.2, 0.25) is 0 Å². The highest BCUT2D eigenvalue weighted by molar-refractivity contribution is 5.27. The maximum Gasteiger partial charge on any atom is 0.128 e. The molecule has 0 radical (unpaired) electrons. The van der Waals surface area contributed by atoms with E-state index in [0.29, 0.717) is 11.1 Å². The van der Waals surface area contributed by atoms with Crippen LogP contribution < -0.4 is 5.32 Å². The number of aryl methyl sites for hydroxylation is 1. The molecule has 0 aliphatic rings. The first-order valence-corrected chi connectivity index (χ1v) is 7.40. The zero-order valence-electron chi connectivity index (χ0n) is 13.0. The molecule has 0 aliphatic carbocycles. The number of benzene rings is 1. The fourth-order valence-electron chi connectivity index (χ4n) is 2.26. The van der Waals surface area contributed by atoms with E-state index < -0.39 is 0 Å². The first kappa shape index (κ1) is 17.1.